The van der Waals surface area contributed by atoms with Crippen LogP contribution in [0, 0.1) is 6.92 Å². The molecule has 2 saturated heterocycles. The molecule has 0 spiro atoms. The predicted molar refractivity (Wildman–Crippen MR) is 96.8 cm³/mol. The van der Waals surface area contributed by atoms with E-state index in [1.165, 1.54) is 11.3 Å². The highest BCUT2D eigenvalue weighted by atomic mass is 16.5. The van der Waals surface area contributed by atoms with Crippen molar-refractivity contribution in [2.45, 2.75) is 50.9 Å². The number of carbonyl (C=O) groups is 1. The summed E-state index contributed by atoms with van der Waals surface area (Å²) in [6, 6.07) is 9.07. The van der Waals surface area contributed by atoms with Gasteiger partial charge in [-0.25, -0.2) is 0 Å². The molecule has 2 aliphatic heterocycles. The molecule has 1 saturated carbocycles. The van der Waals surface area contributed by atoms with Gasteiger partial charge in [-0.15, -0.1) is 0 Å². The monoisotopic (exact) mass is 344 g/mol. The number of carbonyl (C=O) groups excluding carboxylic acids is 1. The lowest BCUT2D eigenvalue weighted by atomic mass is 10.1. The van der Waals surface area contributed by atoms with Crippen LogP contribution in [0.25, 0.3) is 0 Å². The van der Waals surface area contributed by atoms with Gasteiger partial charge in [0.1, 0.15) is 12.7 Å². The molecule has 0 N–H and O–H groups in total. The normalized spacial score (nSPS) is 29.1. The first-order valence-corrected chi connectivity index (χ1v) is 9.57. The van der Waals surface area contributed by atoms with Crippen molar-refractivity contribution in [2.24, 2.45) is 0 Å². The number of benzene rings is 1. The second-order valence-electron chi connectivity index (χ2n) is 7.45. The smallest absolute Gasteiger partial charge is 0.248 e. The molecule has 3 aliphatic rings. The molecule has 136 valence electrons. The Morgan fingerprint density at radius 1 is 1.16 bits per heavy atom. The van der Waals surface area contributed by atoms with Crippen molar-refractivity contribution in [3.8, 4) is 0 Å². The molecule has 0 radical (unpaired) electrons. The molecule has 1 amide bonds. The van der Waals surface area contributed by atoms with E-state index in [0.717, 1.165) is 51.9 Å². The number of rotatable bonds is 4. The molecule has 3 atom stereocenters. The van der Waals surface area contributed by atoms with E-state index in [-0.39, 0.29) is 24.7 Å². The minimum atomic E-state index is 0.0322. The van der Waals surface area contributed by atoms with Gasteiger partial charge < -0.3 is 19.3 Å². The topological polar surface area (TPSA) is 42.0 Å². The van der Waals surface area contributed by atoms with E-state index in [1.807, 2.05) is 4.90 Å². The van der Waals surface area contributed by atoms with Gasteiger partial charge in [-0.1, -0.05) is 17.7 Å². The molecular formula is C20H28N2O3. The van der Waals surface area contributed by atoms with E-state index < -0.39 is 0 Å². The van der Waals surface area contributed by atoms with E-state index in [9.17, 15) is 4.79 Å². The zero-order valence-electron chi connectivity index (χ0n) is 15.0. The lowest BCUT2D eigenvalue weighted by Crippen LogP contribution is -2.52. The summed E-state index contributed by atoms with van der Waals surface area (Å²) in [5.41, 5.74) is 2.54. The number of anilines is 1. The molecule has 25 heavy (non-hydrogen) atoms. The maximum absolute atomic E-state index is 12.2. The van der Waals surface area contributed by atoms with Crippen LogP contribution in [0.2, 0.25) is 0 Å². The van der Waals surface area contributed by atoms with Crippen molar-refractivity contribution >= 4 is 11.6 Å². The van der Waals surface area contributed by atoms with Crippen molar-refractivity contribution in [3.05, 3.63) is 29.8 Å². The summed E-state index contributed by atoms with van der Waals surface area (Å²) in [5, 5.41) is 0. The van der Waals surface area contributed by atoms with Crippen molar-refractivity contribution in [1.29, 1.82) is 0 Å². The van der Waals surface area contributed by atoms with Gasteiger partial charge >= 0.3 is 0 Å². The van der Waals surface area contributed by atoms with Gasteiger partial charge in [-0.05, 0) is 44.7 Å². The Bertz CT molecular complexity index is 597. The quantitative estimate of drug-likeness (QED) is 0.841. The second-order valence-corrected chi connectivity index (χ2v) is 7.45. The Kier molecular flexibility index (Phi) is 4.95. The van der Waals surface area contributed by atoms with Crippen molar-refractivity contribution in [1.82, 2.24) is 4.90 Å². The fourth-order valence-corrected chi connectivity index (χ4v) is 4.39. The number of hydrogen-bond acceptors (Lipinski definition) is 4. The Morgan fingerprint density at radius 3 is 2.68 bits per heavy atom. The molecule has 0 bridgehead atoms. The summed E-state index contributed by atoms with van der Waals surface area (Å²) in [7, 11) is 0. The first-order valence-electron chi connectivity index (χ1n) is 9.57. The molecule has 1 aromatic carbocycles. The lowest BCUT2D eigenvalue weighted by molar-refractivity contribution is -0.141. The molecule has 0 aromatic heterocycles. The number of morpholine rings is 1. The van der Waals surface area contributed by atoms with E-state index in [0.29, 0.717) is 6.04 Å². The Balaban J connectivity index is 1.37. The van der Waals surface area contributed by atoms with Gasteiger partial charge in [-0.3, -0.25) is 4.79 Å². The zero-order valence-corrected chi connectivity index (χ0v) is 15.0. The predicted octanol–water partition coefficient (Wildman–Crippen LogP) is 2.37. The van der Waals surface area contributed by atoms with Gasteiger partial charge in [-0.2, -0.15) is 0 Å². The average Bonchev–Trinajstić information content (AvgIpc) is 3.30. The summed E-state index contributed by atoms with van der Waals surface area (Å²) in [6.07, 6.45) is 4.36. The molecule has 1 aromatic rings. The molecule has 3 fully saturated rings. The van der Waals surface area contributed by atoms with E-state index in [2.05, 4.69) is 36.1 Å². The maximum atomic E-state index is 12.2. The fourth-order valence-electron chi connectivity index (χ4n) is 4.39. The van der Waals surface area contributed by atoms with Crippen LogP contribution in [0.5, 0.6) is 0 Å². The van der Waals surface area contributed by atoms with Crippen molar-refractivity contribution < 1.29 is 14.3 Å². The van der Waals surface area contributed by atoms with Crippen LogP contribution in [0.1, 0.15) is 31.2 Å². The first kappa shape index (κ1) is 16.9. The average molecular weight is 344 g/mol. The minimum Gasteiger partial charge on any atom is -0.372 e. The van der Waals surface area contributed by atoms with Gasteiger partial charge in [0, 0.05) is 25.3 Å². The standard InChI is InChI=1S/C20H28N2O3/c1-15-4-6-16(7-5-15)22-12-13-24-20-17(22)8-9-18(20)25-14-19(23)21-10-2-3-11-21/h4-7,17-18,20H,2-3,8-14H2,1H3/t17-,18+,20+/m0/s1. The van der Waals surface area contributed by atoms with Crippen molar-refractivity contribution in [2.75, 3.05) is 37.7 Å². The van der Waals surface area contributed by atoms with E-state index in [4.69, 9.17) is 9.47 Å². The number of hydrogen-bond donors (Lipinski definition) is 0. The number of amides is 1. The molecule has 5 nitrogen and oxygen atoms in total. The summed E-state index contributed by atoms with van der Waals surface area (Å²) in [6.45, 7) is 5.72. The highest BCUT2D eigenvalue weighted by Gasteiger charge is 2.43. The van der Waals surface area contributed by atoms with Crippen LogP contribution in [-0.2, 0) is 14.3 Å². The van der Waals surface area contributed by atoms with Crippen LogP contribution in [0.15, 0.2) is 24.3 Å². The fraction of sp³-hybridized carbons (Fsp3) is 0.650. The summed E-state index contributed by atoms with van der Waals surface area (Å²) in [5.74, 6) is 0.132. The summed E-state index contributed by atoms with van der Waals surface area (Å²) >= 11 is 0. The molecule has 0 unspecified atom stereocenters. The number of nitrogens with zero attached hydrogens (tertiary/aromatic N) is 2. The van der Waals surface area contributed by atoms with Gasteiger partial charge in [0.05, 0.1) is 18.8 Å². The highest BCUT2D eigenvalue weighted by molar-refractivity contribution is 5.77. The number of fused-ring (bicyclic) bond motifs is 1. The van der Waals surface area contributed by atoms with Gasteiger partial charge in [0.15, 0.2) is 0 Å². The molecule has 1 aliphatic carbocycles. The third kappa shape index (κ3) is 3.53. The lowest BCUT2D eigenvalue weighted by Gasteiger charge is -2.40. The Labute approximate surface area is 149 Å². The van der Waals surface area contributed by atoms with Crippen LogP contribution in [0.3, 0.4) is 0 Å². The molecule has 4 rings (SSSR count). The second kappa shape index (κ2) is 7.34. The van der Waals surface area contributed by atoms with E-state index >= 15 is 0 Å². The van der Waals surface area contributed by atoms with Gasteiger partial charge in [0.2, 0.25) is 5.91 Å². The maximum Gasteiger partial charge on any atom is 0.248 e. The van der Waals surface area contributed by atoms with Crippen molar-refractivity contribution in [3.63, 3.8) is 0 Å². The van der Waals surface area contributed by atoms with Crippen LogP contribution in [0.4, 0.5) is 5.69 Å². The van der Waals surface area contributed by atoms with Crippen LogP contribution in [-0.4, -0.2) is 61.9 Å². The highest BCUT2D eigenvalue weighted by Crippen LogP contribution is 2.35. The van der Waals surface area contributed by atoms with Crippen LogP contribution < -0.4 is 4.90 Å². The Hall–Kier alpha value is -1.59. The largest absolute Gasteiger partial charge is 0.372 e. The number of likely N-dealkylation sites (tertiary alicyclic amines) is 1. The third-order valence-corrected chi connectivity index (χ3v) is 5.78. The van der Waals surface area contributed by atoms with Gasteiger partial charge in [0.25, 0.3) is 0 Å². The third-order valence-electron chi connectivity index (χ3n) is 5.78. The van der Waals surface area contributed by atoms with E-state index in [1.54, 1.807) is 0 Å². The zero-order chi connectivity index (χ0) is 17.2. The summed E-state index contributed by atoms with van der Waals surface area (Å²) in [4.78, 5) is 16.6. The van der Waals surface area contributed by atoms with Crippen LogP contribution >= 0.6 is 0 Å². The minimum absolute atomic E-state index is 0.0322. The number of ether oxygens (including phenoxy) is 2. The number of aryl methyl sites for hydroxylation is 1. The Morgan fingerprint density at radius 2 is 1.92 bits per heavy atom. The molecular weight excluding hydrogens is 316 g/mol. The summed E-state index contributed by atoms with van der Waals surface area (Å²) < 4.78 is 12.1. The first-order chi connectivity index (χ1) is 12.2. The molecule has 2 heterocycles. The molecule has 5 heteroatoms. The SMILES string of the molecule is Cc1ccc(N2CCO[C@H]3[C@H](OCC(=O)N4CCCC4)CC[C@@H]32)cc1.